The van der Waals surface area contributed by atoms with Crippen molar-refractivity contribution in [3.63, 3.8) is 0 Å². The summed E-state index contributed by atoms with van der Waals surface area (Å²) in [6.07, 6.45) is 2.42. The van der Waals surface area contributed by atoms with E-state index in [-0.39, 0.29) is 0 Å². The largest absolute Gasteiger partial charge is 0.379 e. The van der Waals surface area contributed by atoms with E-state index < -0.39 is 0 Å². The van der Waals surface area contributed by atoms with Gasteiger partial charge in [0.25, 0.3) is 0 Å². The minimum absolute atomic E-state index is 0.449. The summed E-state index contributed by atoms with van der Waals surface area (Å²) in [6.45, 7) is 16.1. The first-order chi connectivity index (χ1) is 10.9. The molecule has 0 amide bonds. The Morgan fingerprint density at radius 3 is 2.26 bits per heavy atom. The third-order valence-corrected chi connectivity index (χ3v) is 4.55. The van der Waals surface area contributed by atoms with Crippen LogP contribution in [0.1, 0.15) is 47.5 Å². The Labute approximate surface area is 143 Å². The summed E-state index contributed by atoms with van der Waals surface area (Å²) in [4.78, 5) is 6.92. The van der Waals surface area contributed by atoms with Gasteiger partial charge in [-0.05, 0) is 31.6 Å². The number of rotatable bonds is 8. The zero-order valence-electron chi connectivity index (χ0n) is 16.1. The number of nitrogens with one attached hydrogen (secondary N) is 2. The van der Waals surface area contributed by atoms with E-state index in [0.717, 1.165) is 44.7 Å². The van der Waals surface area contributed by atoms with Gasteiger partial charge in [-0.1, -0.05) is 27.7 Å². The quantitative estimate of drug-likeness (QED) is 0.531. The fourth-order valence-electron chi connectivity index (χ4n) is 2.98. The molecule has 1 aliphatic rings. The van der Waals surface area contributed by atoms with Gasteiger partial charge in [0.15, 0.2) is 5.96 Å². The second-order valence-corrected chi connectivity index (χ2v) is 7.43. The van der Waals surface area contributed by atoms with Gasteiger partial charge >= 0.3 is 0 Å². The van der Waals surface area contributed by atoms with Crippen molar-refractivity contribution in [2.75, 3.05) is 39.9 Å². The zero-order chi connectivity index (χ0) is 17.2. The molecule has 5 nitrogen and oxygen atoms in total. The van der Waals surface area contributed by atoms with E-state index in [1.54, 1.807) is 0 Å². The Kier molecular flexibility index (Phi) is 9.56. The van der Waals surface area contributed by atoms with Crippen molar-refractivity contribution in [1.29, 1.82) is 0 Å². The number of guanidine groups is 1. The predicted octanol–water partition coefficient (Wildman–Crippen LogP) is 2.33. The standard InChI is InChI=1S/C18H38N4O/c1-14(2)7-8-16(5)21-18(19-6)20-13-17(15(3)4)22-9-11-23-12-10-22/h14-17H,7-13H2,1-6H3,(H2,19,20,21). The summed E-state index contributed by atoms with van der Waals surface area (Å²) in [5.41, 5.74) is 0. The molecule has 0 aromatic rings. The number of aliphatic imine (C=N–C) groups is 1. The highest BCUT2D eigenvalue weighted by atomic mass is 16.5. The molecule has 0 spiro atoms. The summed E-state index contributed by atoms with van der Waals surface area (Å²) in [7, 11) is 1.85. The number of hydrogen-bond acceptors (Lipinski definition) is 3. The molecular weight excluding hydrogens is 288 g/mol. The second-order valence-electron chi connectivity index (χ2n) is 7.43. The number of hydrogen-bond donors (Lipinski definition) is 2. The first kappa shape index (κ1) is 20.2. The van der Waals surface area contributed by atoms with E-state index in [4.69, 9.17) is 4.74 Å². The van der Waals surface area contributed by atoms with E-state index in [0.29, 0.717) is 18.0 Å². The molecule has 2 atom stereocenters. The smallest absolute Gasteiger partial charge is 0.191 e. The molecule has 2 N–H and O–H groups in total. The van der Waals surface area contributed by atoms with Crippen molar-refractivity contribution in [2.24, 2.45) is 16.8 Å². The van der Waals surface area contributed by atoms with Crippen molar-refractivity contribution in [3.8, 4) is 0 Å². The summed E-state index contributed by atoms with van der Waals surface area (Å²) < 4.78 is 5.48. The molecule has 0 bridgehead atoms. The van der Waals surface area contributed by atoms with E-state index in [1.165, 1.54) is 12.8 Å². The van der Waals surface area contributed by atoms with Crippen LogP contribution in [-0.2, 0) is 4.74 Å². The predicted molar refractivity (Wildman–Crippen MR) is 99.0 cm³/mol. The Morgan fingerprint density at radius 2 is 1.74 bits per heavy atom. The number of ether oxygens (including phenoxy) is 1. The number of morpholine rings is 1. The van der Waals surface area contributed by atoms with Crippen LogP contribution in [-0.4, -0.2) is 62.8 Å². The Morgan fingerprint density at radius 1 is 1.09 bits per heavy atom. The summed E-state index contributed by atoms with van der Waals surface area (Å²) in [5, 5.41) is 7.04. The lowest BCUT2D eigenvalue weighted by Crippen LogP contribution is -2.53. The molecule has 1 rings (SSSR count). The van der Waals surface area contributed by atoms with Gasteiger partial charge in [-0.25, -0.2) is 0 Å². The number of nitrogens with zero attached hydrogens (tertiary/aromatic N) is 2. The van der Waals surface area contributed by atoms with Crippen LogP contribution in [0.5, 0.6) is 0 Å². The molecule has 23 heavy (non-hydrogen) atoms. The van der Waals surface area contributed by atoms with Crippen molar-refractivity contribution in [3.05, 3.63) is 0 Å². The lowest BCUT2D eigenvalue weighted by molar-refractivity contribution is 0.00751. The molecule has 0 aromatic heterocycles. The van der Waals surface area contributed by atoms with Gasteiger partial charge in [-0.15, -0.1) is 0 Å². The molecule has 136 valence electrons. The van der Waals surface area contributed by atoms with Crippen LogP contribution < -0.4 is 10.6 Å². The lowest BCUT2D eigenvalue weighted by Gasteiger charge is -2.37. The van der Waals surface area contributed by atoms with Gasteiger partial charge in [0.2, 0.25) is 0 Å². The third kappa shape index (κ3) is 8.02. The van der Waals surface area contributed by atoms with Gasteiger partial charge in [-0.2, -0.15) is 0 Å². The molecule has 1 fully saturated rings. The fraction of sp³-hybridized carbons (Fsp3) is 0.944. The average molecular weight is 327 g/mol. The highest BCUT2D eigenvalue weighted by Crippen LogP contribution is 2.12. The van der Waals surface area contributed by atoms with Gasteiger partial charge in [0.05, 0.1) is 13.2 Å². The van der Waals surface area contributed by atoms with Crippen LogP contribution in [0.2, 0.25) is 0 Å². The molecule has 5 heteroatoms. The fourth-order valence-corrected chi connectivity index (χ4v) is 2.98. The molecule has 1 aliphatic heterocycles. The Bertz CT molecular complexity index is 338. The molecule has 0 radical (unpaired) electrons. The van der Waals surface area contributed by atoms with Crippen LogP contribution >= 0.6 is 0 Å². The van der Waals surface area contributed by atoms with Crippen molar-refractivity contribution in [1.82, 2.24) is 15.5 Å². The maximum atomic E-state index is 5.48. The third-order valence-electron chi connectivity index (χ3n) is 4.55. The first-order valence-electron chi connectivity index (χ1n) is 9.23. The van der Waals surface area contributed by atoms with E-state index in [2.05, 4.69) is 55.1 Å². The minimum atomic E-state index is 0.449. The van der Waals surface area contributed by atoms with E-state index in [9.17, 15) is 0 Å². The van der Waals surface area contributed by atoms with Gasteiger partial charge in [-0.3, -0.25) is 9.89 Å². The average Bonchev–Trinajstić information content (AvgIpc) is 2.52. The topological polar surface area (TPSA) is 48.9 Å². The summed E-state index contributed by atoms with van der Waals surface area (Å²) in [6, 6.07) is 0.966. The molecule has 0 aromatic carbocycles. The van der Waals surface area contributed by atoms with Crippen LogP contribution in [0, 0.1) is 11.8 Å². The van der Waals surface area contributed by atoms with Gasteiger partial charge in [0, 0.05) is 38.8 Å². The molecule has 2 unspecified atom stereocenters. The molecule has 0 aliphatic carbocycles. The van der Waals surface area contributed by atoms with Crippen LogP contribution in [0.4, 0.5) is 0 Å². The SMILES string of the molecule is CN=C(NCC(C(C)C)N1CCOCC1)NC(C)CCC(C)C. The summed E-state index contributed by atoms with van der Waals surface area (Å²) in [5.74, 6) is 2.28. The first-order valence-corrected chi connectivity index (χ1v) is 9.23. The maximum Gasteiger partial charge on any atom is 0.191 e. The maximum absolute atomic E-state index is 5.48. The molecule has 0 saturated carbocycles. The zero-order valence-corrected chi connectivity index (χ0v) is 16.1. The van der Waals surface area contributed by atoms with Gasteiger partial charge < -0.3 is 15.4 Å². The van der Waals surface area contributed by atoms with E-state index in [1.807, 2.05) is 7.05 Å². The van der Waals surface area contributed by atoms with Crippen LogP contribution in [0.3, 0.4) is 0 Å². The lowest BCUT2D eigenvalue weighted by atomic mass is 10.0. The van der Waals surface area contributed by atoms with E-state index >= 15 is 0 Å². The Hall–Kier alpha value is -0.810. The van der Waals surface area contributed by atoms with Gasteiger partial charge in [0.1, 0.15) is 0 Å². The van der Waals surface area contributed by atoms with Crippen molar-refractivity contribution in [2.45, 2.75) is 59.5 Å². The van der Waals surface area contributed by atoms with Crippen LogP contribution in [0.25, 0.3) is 0 Å². The minimum Gasteiger partial charge on any atom is -0.379 e. The molecular formula is C18H38N4O. The monoisotopic (exact) mass is 326 g/mol. The molecule has 1 heterocycles. The van der Waals surface area contributed by atoms with Crippen LogP contribution in [0.15, 0.2) is 4.99 Å². The van der Waals surface area contributed by atoms with Crippen molar-refractivity contribution < 1.29 is 4.74 Å². The Balaban J connectivity index is 2.44. The normalized spacial score (nSPS) is 19.9. The highest BCUT2D eigenvalue weighted by molar-refractivity contribution is 5.79. The molecule has 1 saturated heterocycles. The van der Waals surface area contributed by atoms with Crippen molar-refractivity contribution >= 4 is 5.96 Å². The second kappa shape index (κ2) is 10.9. The highest BCUT2D eigenvalue weighted by Gasteiger charge is 2.24. The summed E-state index contributed by atoms with van der Waals surface area (Å²) >= 11 is 0.